The zero-order valence-corrected chi connectivity index (χ0v) is 25.3. The van der Waals surface area contributed by atoms with Crippen LogP contribution in [0, 0.1) is 5.92 Å². The maximum atomic E-state index is 13.3. The van der Waals surface area contributed by atoms with Gasteiger partial charge in [-0.05, 0) is 69.8 Å². The van der Waals surface area contributed by atoms with Gasteiger partial charge in [0, 0.05) is 11.1 Å². The van der Waals surface area contributed by atoms with E-state index in [9.17, 15) is 9.59 Å². The van der Waals surface area contributed by atoms with Crippen LogP contribution in [0.2, 0.25) is 0 Å². The molecule has 0 saturated carbocycles. The van der Waals surface area contributed by atoms with Gasteiger partial charge in [0.1, 0.15) is 6.17 Å². The standard InChI is InChI=1S/C34H44N2O4/c1-22(2)21-40-28-19-14-25(20-29(28)39-9)30(35-31(37)23-10-15-26(16-11-23)33(3,4)5)36-32(38)24-12-17-27(18-13-24)34(6,7)8/h10-20,22,30H,21H2,1-9H3,(H,35,37)(H,36,38). The van der Waals surface area contributed by atoms with Crippen LogP contribution in [-0.4, -0.2) is 25.5 Å². The van der Waals surface area contributed by atoms with Gasteiger partial charge in [-0.2, -0.15) is 0 Å². The number of amides is 2. The molecule has 0 bridgehead atoms. The van der Waals surface area contributed by atoms with Crippen LogP contribution in [0.1, 0.15) is 99.0 Å². The molecule has 6 nitrogen and oxygen atoms in total. The summed E-state index contributed by atoms with van der Waals surface area (Å²) in [4.78, 5) is 26.7. The summed E-state index contributed by atoms with van der Waals surface area (Å²) in [5, 5.41) is 6.00. The first-order valence-corrected chi connectivity index (χ1v) is 13.8. The fourth-order valence-corrected chi connectivity index (χ4v) is 4.11. The van der Waals surface area contributed by atoms with Crippen molar-refractivity contribution in [3.63, 3.8) is 0 Å². The number of nitrogens with one attached hydrogen (secondary N) is 2. The van der Waals surface area contributed by atoms with Crippen LogP contribution < -0.4 is 20.1 Å². The first-order chi connectivity index (χ1) is 18.7. The Morgan fingerprint density at radius 3 is 1.52 bits per heavy atom. The third-order valence-electron chi connectivity index (χ3n) is 6.67. The Bertz CT molecular complexity index is 1230. The van der Waals surface area contributed by atoms with Crippen molar-refractivity contribution in [1.82, 2.24) is 10.6 Å². The van der Waals surface area contributed by atoms with Crippen molar-refractivity contribution in [1.29, 1.82) is 0 Å². The van der Waals surface area contributed by atoms with Crippen LogP contribution in [0.4, 0.5) is 0 Å². The van der Waals surface area contributed by atoms with Crippen LogP contribution in [0.15, 0.2) is 66.7 Å². The Balaban J connectivity index is 1.91. The van der Waals surface area contributed by atoms with Gasteiger partial charge in [-0.25, -0.2) is 0 Å². The second kappa shape index (κ2) is 12.6. The summed E-state index contributed by atoms with van der Waals surface area (Å²) in [5.41, 5.74) is 3.89. The lowest BCUT2D eigenvalue weighted by Crippen LogP contribution is -2.41. The van der Waals surface area contributed by atoms with Crippen molar-refractivity contribution < 1.29 is 19.1 Å². The van der Waals surface area contributed by atoms with Crippen molar-refractivity contribution >= 4 is 11.8 Å². The Morgan fingerprint density at radius 2 is 1.15 bits per heavy atom. The minimum atomic E-state index is -0.808. The average Bonchev–Trinajstić information content (AvgIpc) is 2.90. The second-order valence-electron chi connectivity index (χ2n) is 12.6. The molecule has 0 aromatic heterocycles. The highest BCUT2D eigenvalue weighted by molar-refractivity contribution is 5.97. The maximum Gasteiger partial charge on any atom is 0.253 e. The molecule has 3 aromatic rings. The Kier molecular flexibility index (Phi) is 9.67. The van der Waals surface area contributed by atoms with Crippen molar-refractivity contribution in [3.8, 4) is 11.5 Å². The number of carbonyl (C=O) groups excluding carboxylic acids is 2. The summed E-state index contributed by atoms with van der Waals surface area (Å²) < 4.78 is 11.5. The molecular weight excluding hydrogens is 500 g/mol. The summed E-state index contributed by atoms with van der Waals surface area (Å²) >= 11 is 0. The number of rotatable bonds is 9. The molecule has 3 rings (SSSR count). The van der Waals surface area contributed by atoms with Crippen molar-refractivity contribution in [2.45, 2.75) is 72.4 Å². The zero-order chi connectivity index (χ0) is 29.7. The molecule has 0 atom stereocenters. The molecule has 0 radical (unpaired) electrons. The normalized spacial score (nSPS) is 11.9. The van der Waals surface area contributed by atoms with Crippen LogP contribution in [-0.2, 0) is 10.8 Å². The number of methoxy groups -OCH3 is 1. The maximum absolute atomic E-state index is 13.3. The molecule has 40 heavy (non-hydrogen) atoms. The fraction of sp³-hybridized carbons (Fsp3) is 0.412. The van der Waals surface area contributed by atoms with E-state index >= 15 is 0 Å². The lowest BCUT2D eigenvalue weighted by Gasteiger charge is -2.23. The van der Waals surface area contributed by atoms with Gasteiger partial charge in [0.05, 0.1) is 13.7 Å². The highest BCUT2D eigenvalue weighted by atomic mass is 16.5. The second-order valence-corrected chi connectivity index (χ2v) is 12.6. The van der Waals surface area contributed by atoms with Gasteiger partial charge in [0.15, 0.2) is 11.5 Å². The van der Waals surface area contributed by atoms with Crippen LogP contribution in [0.5, 0.6) is 11.5 Å². The summed E-state index contributed by atoms with van der Waals surface area (Å²) in [7, 11) is 1.57. The van der Waals surface area contributed by atoms with E-state index < -0.39 is 6.17 Å². The monoisotopic (exact) mass is 544 g/mol. The molecule has 3 aromatic carbocycles. The van der Waals surface area contributed by atoms with Crippen LogP contribution in [0.3, 0.4) is 0 Å². The Morgan fingerprint density at radius 1 is 0.700 bits per heavy atom. The minimum Gasteiger partial charge on any atom is -0.493 e. The van der Waals surface area contributed by atoms with E-state index in [1.807, 2.05) is 54.6 Å². The summed E-state index contributed by atoms with van der Waals surface area (Å²) in [6.45, 7) is 17.5. The molecule has 0 heterocycles. The van der Waals surface area contributed by atoms with Gasteiger partial charge in [-0.15, -0.1) is 0 Å². The third kappa shape index (κ3) is 8.10. The van der Waals surface area contributed by atoms with Gasteiger partial charge in [0.25, 0.3) is 11.8 Å². The van der Waals surface area contributed by atoms with Crippen molar-refractivity contribution in [2.75, 3.05) is 13.7 Å². The molecule has 214 valence electrons. The predicted octanol–water partition coefficient (Wildman–Crippen LogP) is 7.18. The minimum absolute atomic E-state index is 0.0238. The number of ether oxygens (including phenoxy) is 2. The number of carbonyl (C=O) groups is 2. The molecule has 2 amide bonds. The first-order valence-electron chi connectivity index (χ1n) is 13.8. The van der Waals surface area contributed by atoms with Crippen LogP contribution >= 0.6 is 0 Å². The van der Waals surface area contributed by atoms with Gasteiger partial charge in [-0.3, -0.25) is 9.59 Å². The molecule has 0 aliphatic rings. The molecule has 0 aliphatic heterocycles. The van der Waals surface area contributed by atoms with E-state index in [1.54, 1.807) is 19.2 Å². The van der Waals surface area contributed by atoms with Gasteiger partial charge >= 0.3 is 0 Å². The largest absolute Gasteiger partial charge is 0.493 e. The van der Waals surface area contributed by atoms with E-state index in [2.05, 4.69) is 66.0 Å². The molecule has 0 fully saturated rings. The van der Waals surface area contributed by atoms with E-state index in [4.69, 9.17) is 9.47 Å². The lowest BCUT2D eigenvalue weighted by molar-refractivity contribution is 0.0883. The summed E-state index contributed by atoms with van der Waals surface area (Å²) in [6, 6.07) is 20.5. The quantitative estimate of drug-likeness (QED) is 0.280. The van der Waals surface area contributed by atoms with Crippen molar-refractivity contribution in [2.24, 2.45) is 5.92 Å². The molecule has 6 heteroatoms. The topological polar surface area (TPSA) is 76.7 Å². The number of benzene rings is 3. The SMILES string of the molecule is COc1cc(C(NC(=O)c2ccc(C(C)(C)C)cc2)NC(=O)c2ccc(C(C)(C)C)cc2)ccc1OCC(C)C. The first kappa shape index (κ1) is 30.7. The molecule has 0 unspecified atom stereocenters. The molecule has 2 N–H and O–H groups in total. The molecule has 0 spiro atoms. The lowest BCUT2D eigenvalue weighted by atomic mass is 9.86. The zero-order valence-electron chi connectivity index (χ0n) is 25.3. The van der Waals surface area contributed by atoms with E-state index in [0.29, 0.717) is 40.7 Å². The van der Waals surface area contributed by atoms with Gasteiger partial charge < -0.3 is 20.1 Å². The van der Waals surface area contributed by atoms with Crippen LogP contribution in [0.25, 0.3) is 0 Å². The molecule has 0 aliphatic carbocycles. The average molecular weight is 545 g/mol. The Labute approximate surface area is 239 Å². The highest BCUT2D eigenvalue weighted by Crippen LogP contribution is 2.31. The summed E-state index contributed by atoms with van der Waals surface area (Å²) in [6.07, 6.45) is -0.808. The van der Waals surface area contributed by atoms with E-state index in [0.717, 1.165) is 11.1 Å². The smallest absolute Gasteiger partial charge is 0.253 e. The Hall–Kier alpha value is -3.80. The third-order valence-corrected chi connectivity index (χ3v) is 6.67. The van der Waals surface area contributed by atoms with Gasteiger partial charge in [0.2, 0.25) is 0 Å². The molecule has 0 saturated heterocycles. The predicted molar refractivity (Wildman–Crippen MR) is 161 cm³/mol. The molecular formula is C34H44N2O4. The number of hydrogen-bond donors (Lipinski definition) is 2. The number of hydrogen-bond acceptors (Lipinski definition) is 4. The van der Waals surface area contributed by atoms with Crippen molar-refractivity contribution in [3.05, 3.63) is 94.5 Å². The highest BCUT2D eigenvalue weighted by Gasteiger charge is 2.22. The fourth-order valence-electron chi connectivity index (χ4n) is 4.11. The van der Waals surface area contributed by atoms with E-state index in [1.165, 1.54) is 0 Å². The summed E-state index contributed by atoms with van der Waals surface area (Å²) in [5.74, 6) is 0.883. The van der Waals surface area contributed by atoms with Gasteiger partial charge in [-0.1, -0.05) is 85.7 Å². The van der Waals surface area contributed by atoms with E-state index in [-0.39, 0.29) is 22.6 Å².